The van der Waals surface area contributed by atoms with Crippen molar-refractivity contribution in [3.63, 3.8) is 0 Å². The smallest absolute Gasteiger partial charge is 0.0535 e. The summed E-state index contributed by atoms with van der Waals surface area (Å²) in [5, 5.41) is 25.8. The quantitative estimate of drug-likeness (QED) is 0.120. The maximum Gasteiger partial charge on any atom is 0.0535 e. The predicted molar refractivity (Wildman–Crippen MR) is 305 cm³/mol. The van der Waals surface area contributed by atoms with Gasteiger partial charge in [-0.25, -0.2) is 0 Å². The summed E-state index contributed by atoms with van der Waals surface area (Å²) in [5.41, 5.74) is 10.7. The van der Waals surface area contributed by atoms with E-state index in [1.54, 1.807) is 0 Å². The molecule has 16 rings (SSSR count). The molecule has 0 spiro atoms. The molecule has 0 aliphatic rings. The van der Waals surface area contributed by atoms with Gasteiger partial charge in [0.15, 0.2) is 0 Å². The van der Waals surface area contributed by atoms with Gasteiger partial charge in [-0.1, -0.05) is 212 Å². The van der Waals surface area contributed by atoms with Crippen LogP contribution in [-0.4, -0.2) is 4.57 Å². The normalized spacial score (nSPS) is 12.2. The highest BCUT2D eigenvalue weighted by Gasteiger charge is 2.22. The Hall–Kier alpha value is -9.30. The third kappa shape index (κ3) is 5.46. The number of rotatable bonds is 5. The molecule has 0 saturated carbocycles. The summed E-state index contributed by atoms with van der Waals surface area (Å²) in [6.07, 6.45) is 0. The third-order valence-corrected chi connectivity index (χ3v) is 15.8. The maximum absolute atomic E-state index is 2.48. The minimum absolute atomic E-state index is 1.12. The Morgan fingerprint density at radius 3 is 1.10 bits per heavy atom. The van der Waals surface area contributed by atoms with Gasteiger partial charge in [0.05, 0.1) is 11.4 Å². The molecule has 0 N–H and O–H groups in total. The first-order valence-corrected chi connectivity index (χ1v) is 24.7. The van der Waals surface area contributed by atoms with Crippen molar-refractivity contribution >= 4 is 108 Å². The van der Waals surface area contributed by atoms with Gasteiger partial charge in [-0.3, -0.25) is 0 Å². The number of fused-ring (bicyclic) bond motifs is 6. The molecule has 71 heavy (non-hydrogen) atoms. The molecule has 1 heteroatoms. The molecular formula is C70H41N. The lowest BCUT2D eigenvalue weighted by atomic mass is 9.85. The number of hydrogen-bond donors (Lipinski definition) is 0. The molecule has 16 aromatic rings. The van der Waals surface area contributed by atoms with Gasteiger partial charge >= 0.3 is 0 Å². The van der Waals surface area contributed by atoms with E-state index < -0.39 is 0 Å². The molecule has 0 atom stereocenters. The van der Waals surface area contributed by atoms with E-state index in [0.29, 0.717) is 0 Å². The highest BCUT2D eigenvalue weighted by atomic mass is 15.0. The second kappa shape index (κ2) is 14.6. The summed E-state index contributed by atoms with van der Waals surface area (Å²) in [4.78, 5) is 0. The van der Waals surface area contributed by atoms with Crippen LogP contribution in [0.2, 0.25) is 0 Å². The van der Waals surface area contributed by atoms with E-state index in [9.17, 15) is 0 Å². The molecule has 0 bridgehead atoms. The van der Waals surface area contributed by atoms with Crippen LogP contribution in [0.5, 0.6) is 0 Å². The zero-order chi connectivity index (χ0) is 46.3. The first-order chi connectivity index (χ1) is 35.2. The summed E-state index contributed by atoms with van der Waals surface area (Å²) >= 11 is 0. The van der Waals surface area contributed by atoms with Gasteiger partial charge in [-0.2, -0.15) is 0 Å². The molecular weight excluding hydrogens is 855 g/mol. The van der Waals surface area contributed by atoms with Gasteiger partial charge in [-0.15, -0.1) is 0 Å². The SMILES string of the molecule is c1ccc(-c2ccc(-c3ccccc3)n2-c2cc(-c3ccc4c5cccc6cccc(c7cccc3c74)c65)c3cc4cccc(-c5ccc6c7cccc8cccc(c9cccc5c96)c87)c4cc3c2)cc1. The van der Waals surface area contributed by atoms with Crippen molar-refractivity contribution in [2.75, 3.05) is 0 Å². The van der Waals surface area contributed by atoms with Crippen LogP contribution in [0.4, 0.5) is 0 Å². The summed E-state index contributed by atoms with van der Waals surface area (Å²) in [7, 11) is 0. The predicted octanol–water partition coefficient (Wildman–Crippen LogP) is 19.6. The van der Waals surface area contributed by atoms with Crippen LogP contribution < -0.4 is 0 Å². The van der Waals surface area contributed by atoms with Crippen molar-refractivity contribution in [2.45, 2.75) is 0 Å². The van der Waals surface area contributed by atoms with Gasteiger partial charge < -0.3 is 4.57 Å². The fourth-order valence-electron chi connectivity index (χ4n) is 12.9. The number of aromatic nitrogens is 1. The zero-order valence-corrected chi connectivity index (χ0v) is 38.6. The van der Waals surface area contributed by atoms with E-state index in [0.717, 1.165) is 17.1 Å². The highest BCUT2D eigenvalue weighted by molar-refractivity contribution is 6.36. The fraction of sp³-hybridized carbons (Fsp3) is 0. The lowest BCUT2D eigenvalue weighted by molar-refractivity contribution is 1.10. The lowest BCUT2D eigenvalue weighted by Crippen LogP contribution is -2.01. The number of nitrogens with zero attached hydrogens (tertiary/aromatic N) is 1. The first-order valence-electron chi connectivity index (χ1n) is 24.7. The monoisotopic (exact) mass is 895 g/mol. The number of hydrogen-bond acceptors (Lipinski definition) is 0. The summed E-state index contributed by atoms with van der Waals surface area (Å²) in [6.45, 7) is 0. The summed E-state index contributed by atoms with van der Waals surface area (Å²) in [6, 6.07) is 93.4. The van der Waals surface area contributed by atoms with Crippen LogP contribution >= 0.6 is 0 Å². The Bertz CT molecular complexity index is 4690. The van der Waals surface area contributed by atoms with Gasteiger partial charge in [-0.05, 0) is 178 Å². The van der Waals surface area contributed by atoms with Gasteiger partial charge in [0.2, 0.25) is 0 Å². The van der Waals surface area contributed by atoms with Crippen LogP contribution in [0.1, 0.15) is 0 Å². The van der Waals surface area contributed by atoms with Crippen molar-refractivity contribution < 1.29 is 0 Å². The van der Waals surface area contributed by atoms with Crippen molar-refractivity contribution in [1.82, 2.24) is 4.57 Å². The van der Waals surface area contributed by atoms with E-state index in [4.69, 9.17) is 0 Å². The second-order valence-corrected chi connectivity index (χ2v) is 19.5. The Labute approximate surface area is 409 Å². The van der Waals surface area contributed by atoms with Crippen molar-refractivity contribution in [3.05, 3.63) is 249 Å². The van der Waals surface area contributed by atoms with Crippen LogP contribution in [0.3, 0.4) is 0 Å². The Morgan fingerprint density at radius 1 is 0.197 bits per heavy atom. The Kier molecular flexibility index (Phi) is 7.95. The third-order valence-electron chi connectivity index (χ3n) is 15.8. The molecule has 1 heterocycles. The number of benzene rings is 15. The first kappa shape index (κ1) is 38.6. The van der Waals surface area contributed by atoms with Crippen molar-refractivity contribution in [3.8, 4) is 50.5 Å². The van der Waals surface area contributed by atoms with E-state index in [2.05, 4.69) is 253 Å². The van der Waals surface area contributed by atoms with E-state index in [-0.39, 0.29) is 0 Å². The van der Waals surface area contributed by atoms with E-state index >= 15 is 0 Å². The minimum atomic E-state index is 1.12. The summed E-state index contributed by atoms with van der Waals surface area (Å²) in [5.74, 6) is 0. The van der Waals surface area contributed by atoms with Crippen molar-refractivity contribution in [2.24, 2.45) is 0 Å². The second-order valence-electron chi connectivity index (χ2n) is 19.5. The molecule has 326 valence electrons. The molecule has 1 nitrogen and oxygen atoms in total. The molecule has 0 amide bonds. The van der Waals surface area contributed by atoms with Gasteiger partial charge in [0.1, 0.15) is 0 Å². The average molecular weight is 896 g/mol. The molecule has 1 aromatic heterocycles. The molecule has 0 fully saturated rings. The van der Waals surface area contributed by atoms with E-state index in [1.807, 2.05) is 0 Å². The topological polar surface area (TPSA) is 4.93 Å². The zero-order valence-electron chi connectivity index (χ0n) is 38.6. The fourth-order valence-corrected chi connectivity index (χ4v) is 12.9. The standard InChI is InChI=1S/C70H41N/c1-3-14-42(15-4-1)65-36-37-66(43-16-5-2-6-17-43)71(65)48-38-47-40-62-46(22-11-23-49(62)50-32-34-60-56-26-9-20-44-18-7-24-54(67(44)56)58-30-12-28-52(50)69(58)60)39-63(47)64(41-48)51-33-35-61-57-27-10-21-45-19-8-25-55(68(45)57)59-31-13-29-53(51)70(59)61/h1-41H. The Morgan fingerprint density at radius 2 is 0.577 bits per heavy atom. The molecule has 15 aromatic carbocycles. The van der Waals surface area contributed by atoms with Crippen LogP contribution in [0.25, 0.3) is 158 Å². The van der Waals surface area contributed by atoms with Crippen LogP contribution in [0, 0.1) is 0 Å². The molecule has 0 aliphatic carbocycles. The van der Waals surface area contributed by atoms with Crippen molar-refractivity contribution in [1.29, 1.82) is 0 Å². The molecule has 0 aliphatic heterocycles. The van der Waals surface area contributed by atoms with Crippen LogP contribution in [-0.2, 0) is 0 Å². The Balaban J connectivity index is 1.01. The highest BCUT2D eigenvalue weighted by Crippen LogP contribution is 2.48. The lowest BCUT2D eigenvalue weighted by Gasteiger charge is -2.21. The maximum atomic E-state index is 2.48. The van der Waals surface area contributed by atoms with E-state index in [1.165, 1.54) is 141 Å². The van der Waals surface area contributed by atoms with Gasteiger partial charge in [0.25, 0.3) is 0 Å². The largest absolute Gasteiger partial charge is 0.309 e. The average Bonchev–Trinajstić information content (AvgIpc) is 3.89. The molecule has 0 saturated heterocycles. The van der Waals surface area contributed by atoms with Crippen LogP contribution in [0.15, 0.2) is 249 Å². The molecule has 0 radical (unpaired) electrons. The minimum Gasteiger partial charge on any atom is -0.309 e. The molecule has 0 unspecified atom stereocenters. The summed E-state index contributed by atoms with van der Waals surface area (Å²) < 4.78 is 2.48. The van der Waals surface area contributed by atoms with Gasteiger partial charge in [0, 0.05) is 5.69 Å².